The molecule has 0 aliphatic rings. The lowest BCUT2D eigenvalue weighted by Gasteiger charge is -2.09. The molecule has 1 heterocycles. The van der Waals surface area contributed by atoms with Crippen molar-refractivity contribution in [3.8, 4) is 0 Å². The lowest BCUT2D eigenvalue weighted by molar-refractivity contribution is 0.649. The van der Waals surface area contributed by atoms with Gasteiger partial charge in [-0.05, 0) is 50.6 Å². The number of nitrogens with one attached hydrogen (secondary N) is 1. The van der Waals surface area contributed by atoms with Gasteiger partial charge in [-0.15, -0.1) is 0 Å². The third-order valence-electron chi connectivity index (χ3n) is 3.56. The van der Waals surface area contributed by atoms with Crippen LogP contribution in [-0.2, 0) is 6.54 Å². The van der Waals surface area contributed by atoms with E-state index in [2.05, 4.69) is 67.3 Å². The van der Waals surface area contributed by atoms with Crippen LogP contribution in [0.3, 0.4) is 0 Å². The first-order valence-electron chi connectivity index (χ1n) is 6.49. The fourth-order valence-corrected chi connectivity index (χ4v) is 2.15. The van der Waals surface area contributed by atoms with Crippen LogP contribution in [-0.4, -0.2) is 11.6 Å². The van der Waals surface area contributed by atoms with E-state index in [0.717, 1.165) is 6.54 Å². The fourth-order valence-electron chi connectivity index (χ4n) is 2.15. The number of rotatable bonds is 4. The number of aryl methyl sites for hydroxylation is 2. The van der Waals surface area contributed by atoms with Gasteiger partial charge in [-0.2, -0.15) is 0 Å². The van der Waals surface area contributed by atoms with Crippen molar-refractivity contribution >= 4 is 0 Å². The van der Waals surface area contributed by atoms with Crippen LogP contribution in [0.2, 0.25) is 0 Å². The van der Waals surface area contributed by atoms with Crippen LogP contribution in [0.15, 0.2) is 36.7 Å². The molecule has 0 aliphatic heterocycles. The van der Waals surface area contributed by atoms with E-state index < -0.39 is 0 Å². The Morgan fingerprint density at radius 1 is 1.22 bits per heavy atom. The maximum absolute atomic E-state index is 3.27. The maximum Gasteiger partial charge on any atom is 0.0473 e. The molecule has 1 aromatic carbocycles. The van der Waals surface area contributed by atoms with Gasteiger partial charge in [-0.25, -0.2) is 0 Å². The zero-order valence-electron chi connectivity index (χ0n) is 11.7. The van der Waals surface area contributed by atoms with Crippen LogP contribution in [0, 0.1) is 13.8 Å². The van der Waals surface area contributed by atoms with E-state index in [4.69, 9.17) is 0 Å². The summed E-state index contributed by atoms with van der Waals surface area (Å²) in [5.74, 6) is 0. The molecule has 0 radical (unpaired) electrons. The second kappa shape index (κ2) is 5.40. The summed E-state index contributed by atoms with van der Waals surface area (Å²) >= 11 is 0. The molecule has 0 fully saturated rings. The van der Waals surface area contributed by atoms with Gasteiger partial charge in [-0.3, -0.25) is 0 Å². The SMILES string of the molecule is CNC(C)c1ccn(Cc2cc(C)ccc2C)c1. The Morgan fingerprint density at radius 2 is 2.00 bits per heavy atom. The van der Waals surface area contributed by atoms with Crippen molar-refractivity contribution in [2.45, 2.75) is 33.4 Å². The van der Waals surface area contributed by atoms with Gasteiger partial charge in [0, 0.05) is 25.0 Å². The zero-order chi connectivity index (χ0) is 13.1. The molecule has 0 aliphatic carbocycles. The normalized spacial score (nSPS) is 12.7. The molecule has 0 saturated heterocycles. The lowest BCUT2D eigenvalue weighted by Crippen LogP contribution is -2.11. The van der Waals surface area contributed by atoms with E-state index in [9.17, 15) is 0 Å². The third kappa shape index (κ3) is 2.82. The number of nitrogens with zero attached hydrogens (tertiary/aromatic N) is 1. The maximum atomic E-state index is 3.27. The molecule has 1 unspecified atom stereocenters. The first-order chi connectivity index (χ1) is 8.60. The molecule has 0 bridgehead atoms. The van der Waals surface area contributed by atoms with Gasteiger partial charge in [0.1, 0.15) is 0 Å². The van der Waals surface area contributed by atoms with Crippen LogP contribution < -0.4 is 5.32 Å². The van der Waals surface area contributed by atoms with E-state index in [1.165, 1.54) is 22.3 Å². The van der Waals surface area contributed by atoms with Gasteiger partial charge in [0.15, 0.2) is 0 Å². The average Bonchev–Trinajstić information content (AvgIpc) is 2.81. The summed E-state index contributed by atoms with van der Waals surface area (Å²) in [6, 6.07) is 9.24. The number of benzene rings is 1. The summed E-state index contributed by atoms with van der Waals surface area (Å²) < 4.78 is 2.25. The first-order valence-corrected chi connectivity index (χ1v) is 6.49. The summed E-state index contributed by atoms with van der Waals surface area (Å²) in [7, 11) is 1.99. The second-order valence-electron chi connectivity index (χ2n) is 5.06. The van der Waals surface area contributed by atoms with E-state index in [1.807, 2.05) is 7.05 Å². The smallest absolute Gasteiger partial charge is 0.0473 e. The molecular weight excluding hydrogens is 220 g/mol. The molecule has 0 spiro atoms. The highest BCUT2D eigenvalue weighted by Gasteiger charge is 2.05. The molecule has 1 aromatic heterocycles. The highest BCUT2D eigenvalue weighted by Crippen LogP contribution is 2.16. The Hall–Kier alpha value is -1.54. The van der Waals surface area contributed by atoms with Crippen molar-refractivity contribution in [2.75, 3.05) is 7.05 Å². The Labute approximate surface area is 110 Å². The number of hydrogen-bond donors (Lipinski definition) is 1. The van der Waals surface area contributed by atoms with Gasteiger partial charge in [0.25, 0.3) is 0 Å². The fraction of sp³-hybridized carbons (Fsp3) is 0.375. The van der Waals surface area contributed by atoms with Gasteiger partial charge in [0.2, 0.25) is 0 Å². The highest BCUT2D eigenvalue weighted by molar-refractivity contribution is 5.31. The van der Waals surface area contributed by atoms with Gasteiger partial charge >= 0.3 is 0 Å². The third-order valence-corrected chi connectivity index (χ3v) is 3.56. The Morgan fingerprint density at radius 3 is 2.72 bits per heavy atom. The van der Waals surface area contributed by atoms with Crippen LogP contribution in [0.5, 0.6) is 0 Å². The topological polar surface area (TPSA) is 17.0 Å². The number of hydrogen-bond acceptors (Lipinski definition) is 1. The molecule has 2 nitrogen and oxygen atoms in total. The monoisotopic (exact) mass is 242 g/mol. The van der Waals surface area contributed by atoms with Crippen molar-refractivity contribution in [3.05, 3.63) is 58.9 Å². The predicted molar refractivity (Wildman–Crippen MR) is 76.9 cm³/mol. The minimum atomic E-state index is 0.407. The molecule has 2 heteroatoms. The minimum absolute atomic E-state index is 0.407. The number of aromatic nitrogens is 1. The first kappa shape index (κ1) is 12.9. The second-order valence-corrected chi connectivity index (χ2v) is 5.06. The Kier molecular flexibility index (Phi) is 3.87. The summed E-state index contributed by atoms with van der Waals surface area (Å²) in [4.78, 5) is 0. The van der Waals surface area contributed by atoms with Crippen LogP contribution in [0.1, 0.15) is 35.2 Å². The van der Waals surface area contributed by atoms with Crippen molar-refractivity contribution in [2.24, 2.45) is 0 Å². The average molecular weight is 242 g/mol. The van der Waals surface area contributed by atoms with Gasteiger partial charge in [-0.1, -0.05) is 23.8 Å². The van der Waals surface area contributed by atoms with E-state index in [-0.39, 0.29) is 0 Å². The van der Waals surface area contributed by atoms with E-state index >= 15 is 0 Å². The van der Waals surface area contributed by atoms with E-state index in [1.54, 1.807) is 0 Å². The quantitative estimate of drug-likeness (QED) is 0.869. The van der Waals surface area contributed by atoms with Crippen LogP contribution in [0.4, 0.5) is 0 Å². The molecule has 96 valence electrons. The summed E-state index contributed by atoms with van der Waals surface area (Å²) in [5, 5.41) is 3.27. The van der Waals surface area contributed by atoms with Crippen molar-refractivity contribution in [1.82, 2.24) is 9.88 Å². The van der Waals surface area contributed by atoms with Crippen molar-refractivity contribution in [1.29, 1.82) is 0 Å². The molecule has 1 atom stereocenters. The van der Waals surface area contributed by atoms with Crippen molar-refractivity contribution in [3.63, 3.8) is 0 Å². The molecule has 2 aromatic rings. The molecular formula is C16H22N2. The largest absolute Gasteiger partial charge is 0.350 e. The zero-order valence-corrected chi connectivity index (χ0v) is 11.7. The van der Waals surface area contributed by atoms with Crippen LogP contribution in [0.25, 0.3) is 0 Å². The van der Waals surface area contributed by atoms with Crippen molar-refractivity contribution < 1.29 is 0 Å². The highest BCUT2D eigenvalue weighted by atomic mass is 14.9. The lowest BCUT2D eigenvalue weighted by atomic mass is 10.1. The molecule has 0 saturated carbocycles. The Bertz CT molecular complexity index is 526. The minimum Gasteiger partial charge on any atom is -0.350 e. The van der Waals surface area contributed by atoms with Gasteiger partial charge < -0.3 is 9.88 Å². The Balaban J connectivity index is 2.18. The summed E-state index contributed by atoms with van der Waals surface area (Å²) in [6.45, 7) is 7.45. The van der Waals surface area contributed by atoms with E-state index in [0.29, 0.717) is 6.04 Å². The summed E-state index contributed by atoms with van der Waals surface area (Å²) in [5.41, 5.74) is 5.42. The molecule has 1 N–H and O–H groups in total. The molecule has 0 amide bonds. The molecule has 18 heavy (non-hydrogen) atoms. The van der Waals surface area contributed by atoms with Crippen LogP contribution >= 0.6 is 0 Å². The summed E-state index contributed by atoms with van der Waals surface area (Å²) in [6.07, 6.45) is 4.38. The molecule has 2 rings (SSSR count). The predicted octanol–water partition coefficient (Wildman–Crippen LogP) is 3.43. The standard InChI is InChI=1S/C16H22N2/c1-12-5-6-13(2)16(9-12)11-18-8-7-15(10-18)14(3)17-4/h5-10,14,17H,11H2,1-4H3. The van der Waals surface area contributed by atoms with Gasteiger partial charge in [0.05, 0.1) is 0 Å².